The van der Waals surface area contributed by atoms with Crippen molar-refractivity contribution in [3.05, 3.63) is 41.8 Å². The van der Waals surface area contributed by atoms with Crippen LogP contribution in [-0.2, 0) is 4.79 Å². The minimum absolute atomic E-state index is 0.177. The van der Waals surface area contributed by atoms with Crippen LogP contribution in [0.15, 0.2) is 41.8 Å². The summed E-state index contributed by atoms with van der Waals surface area (Å²) in [4.78, 5) is 23.3. The lowest BCUT2D eigenvalue weighted by Crippen LogP contribution is -2.33. The van der Waals surface area contributed by atoms with Gasteiger partial charge in [0.05, 0.1) is 23.0 Å². The van der Waals surface area contributed by atoms with Gasteiger partial charge < -0.3 is 4.90 Å². The molecule has 0 radical (unpaired) electrons. The molecule has 8 heteroatoms. The highest BCUT2D eigenvalue weighted by Gasteiger charge is 2.18. The molecule has 27 heavy (non-hydrogen) atoms. The molecule has 1 amide bonds. The van der Waals surface area contributed by atoms with Crippen molar-refractivity contribution in [3.63, 3.8) is 0 Å². The number of fused-ring (bicyclic) bond motifs is 1. The van der Waals surface area contributed by atoms with Crippen molar-refractivity contribution < 1.29 is 4.79 Å². The van der Waals surface area contributed by atoms with E-state index < -0.39 is 0 Å². The van der Waals surface area contributed by atoms with Crippen molar-refractivity contribution in [2.24, 2.45) is 0 Å². The quantitative estimate of drug-likeness (QED) is 0.489. The van der Waals surface area contributed by atoms with Crippen LogP contribution in [0.2, 0.25) is 5.02 Å². The number of carbonyl (C=O) groups excluding carboxylic acids is 1. The second-order valence-corrected chi connectivity index (χ2v) is 7.94. The lowest BCUT2D eigenvalue weighted by atomic mass is 10.2. The van der Waals surface area contributed by atoms with Gasteiger partial charge in [-0.1, -0.05) is 42.3 Å². The lowest BCUT2D eigenvalue weighted by molar-refractivity contribution is -0.128. The first-order chi connectivity index (χ1) is 13.2. The minimum Gasteiger partial charge on any atom is -0.342 e. The van der Waals surface area contributed by atoms with Gasteiger partial charge in [-0.25, -0.2) is 14.6 Å². The Hall–Kier alpha value is -2.12. The molecule has 3 aromatic rings. The molecule has 0 unspecified atom stereocenters. The number of hydrogen-bond donors (Lipinski definition) is 0. The molecule has 6 nitrogen and oxygen atoms in total. The number of hydrogen-bond acceptors (Lipinski definition) is 5. The van der Waals surface area contributed by atoms with E-state index in [9.17, 15) is 4.79 Å². The zero-order valence-corrected chi connectivity index (χ0v) is 16.4. The number of nitrogens with zero attached hydrogens (tertiary/aromatic N) is 5. The summed E-state index contributed by atoms with van der Waals surface area (Å²) in [7, 11) is 0. The minimum atomic E-state index is 0.177. The number of halogens is 1. The van der Waals surface area contributed by atoms with E-state index in [-0.39, 0.29) is 5.91 Å². The van der Waals surface area contributed by atoms with Gasteiger partial charge in [0.15, 0.2) is 5.65 Å². The SMILES string of the molecule is O=C(CSc1ncnc2c1cnn2-c1cccc(Cl)c1)N1CCCCCC1. The Kier molecular flexibility index (Phi) is 5.59. The zero-order valence-electron chi connectivity index (χ0n) is 14.8. The van der Waals surface area contributed by atoms with Gasteiger partial charge in [0.2, 0.25) is 5.91 Å². The van der Waals surface area contributed by atoms with Gasteiger partial charge in [-0.2, -0.15) is 5.10 Å². The molecule has 1 fully saturated rings. The number of amides is 1. The standard InChI is InChI=1S/C19H20ClN5OS/c20-14-6-5-7-15(10-14)25-18-16(11-23-25)19(22-13-21-18)27-12-17(26)24-8-3-1-2-4-9-24/h5-7,10-11,13H,1-4,8-9,12H2. The van der Waals surface area contributed by atoms with E-state index in [4.69, 9.17) is 11.6 Å². The van der Waals surface area contributed by atoms with Crippen molar-refractivity contribution >= 4 is 40.3 Å². The van der Waals surface area contributed by atoms with Gasteiger partial charge in [-0.05, 0) is 31.0 Å². The molecule has 0 bridgehead atoms. The highest BCUT2D eigenvalue weighted by Crippen LogP contribution is 2.27. The molecular weight excluding hydrogens is 382 g/mol. The molecule has 3 heterocycles. The van der Waals surface area contributed by atoms with Crippen LogP contribution in [0.4, 0.5) is 0 Å². The lowest BCUT2D eigenvalue weighted by Gasteiger charge is -2.19. The van der Waals surface area contributed by atoms with E-state index in [1.54, 1.807) is 10.9 Å². The van der Waals surface area contributed by atoms with E-state index in [2.05, 4.69) is 15.1 Å². The van der Waals surface area contributed by atoms with E-state index in [1.807, 2.05) is 29.2 Å². The average Bonchev–Trinajstić information content (AvgIpc) is 2.93. The maximum atomic E-state index is 12.6. The van der Waals surface area contributed by atoms with Crippen LogP contribution in [0, 0.1) is 0 Å². The van der Waals surface area contributed by atoms with Crippen LogP contribution >= 0.6 is 23.4 Å². The van der Waals surface area contributed by atoms with Gasteiger partial charge in [-0.3, -0.25) is 4.79 Å². The number of benzene rings is 1. The fourth-order valence-corrected chi connectivity index (χ4v) is 4.32. The molecule has 0 N–H and O–H groups in total. The summed E-state index contributed by atoms with van der Waals surface area (Å²) in [5.41, 5.74) is 1.55. The summed E-state index contributed by atoms with van der Waals surface area (Å²) in [5.74, 6) is 0.560. The average molecular weight is 402 g/mol. The van der Waals surface area contributed by atoms with Gasteiger partial charge in [0.1, 0.15) is 11.4 Å². The summed E-state index contributed by atoms with van der Waals surface area (Å²) in [6.45, 7) is 1.73. The molecule has 1 aromatic carbocycles. The second kappa shape index (κ2) is 8.27. The predicted octanol–water partition coefficient (Wildman–Crippen LogP) is 3.96. The van der Waals surface area contributed by atoms with Crippen LogP contribution in [0.25, 0.3) is 16.7 Å². The Morgan fingerprint density at radius 1 is 1.15 bits per heavy atom. The second-order valence-electron chi connectivity index (χ2n) is 6.54. The molecule has 4 rings (SSSR count). The fourth-order valence-electron chi connectivity index (χ4n) is 3.28. The van der Waals surface area contributed by atoms with Crippen LogP contribution in [-0.4, -0.2) is 49.4 Å². The molecule has 0 atom stereocenters. The molecule has 1 aliphatic rings. The molecule has 0 saturated carbocycles. The molecule has 140 valence electrons. The maximum absolute atomic E-state index is 12.6. The highest BCUT2D eigenvalue weighted by atomic mass is 35.5. The first-order valence-corrected chi connectivity index (χ1v) is 10.4. The number of thioether (sulfide) groups is 1. The topological polar surface area (TPSA) is 63.9 Å². The van der Waals surface area contributed by atoms with Crippen molar-refractivity contribution in [3.8, 4) is 5.69 Å². The van der Waals surface area contributed by atoms with Crippen molar-refractivity contribution in [2.45, 2.75) is 30.7 Å². The third-order valence-electron chi connectivity index (χ3n) is 4.67. The van der Waals surface area contributed by atoms with Gasteiger partial charge in [0, 0.05) is 18.1 Å². The van der Waals surface area contributed by atoms with Crippen molar-refractivity contribution in [1.29, 1.82) is 0 Å². The first kappa shape index (κ1) is 18.3. The smallest absolute Gasteiger partial charge is 0.232 e. The third kappa shape index (κ3) is 4.09. The predicted molar refractivity (Wildman–Crippen MR) is 107 cm³/mol. The number of likely N-dealkylation sites (tertiary alicyclic amines) is 1. The third-order valence-corrected chi connectivity index (χ3v) is 5.90. The maximum Gasteiger partial charge on any atom is 0.232 e. The zero-order chi connectivity index (χ0) is 18.6. The number of carbonyl (C=O) groups is 1. The molecule has 0 aliphatic carbocycles. The van der Waals surface area contributed by atoms with Crippen LogP contribution in [0.1, 0.15) is 25.7 Å². The Bertz CT molecular complexity index is 952. The van der Waals surface area contributed by atoms with Crippen LogP contribution < -0.4 is 0 Å². The molecule has 1 aliphatic heterocycles. The van der Waals surface area contributed by atoms with E-state index in [0.717, 1.165) is 42.0 Å². The van der Waals surface area contributed by atoms with Gasteiger partial charge in [0.25, 0.3) is 0 Å². The Balaban J connectivity index is 1.54. The Morgan fingerprint density at radius 2 is 1.96 bits per heavy atom. The Morgan fingerprint density at radius 3 is 2.74 bits per heavy atom. The first-order valence-electron chi connectivity index (χ1n) is 9.07. The highest BCUT2D eigenvalue weighted by molar-refractivity contribution is 8.00. The molecule has 2 aromatic heterocycles. The van der Waals surface area contributed by atoms with Gasteiger partial charge >= 0.3 is 0 Å². The number of aromatic nitrogens is 4. The Labute approximate surface area is 166 Å². The summed E-state index contributed by atoms with van der Waals surface area (Å²) in [6.07, 6.45) is 7.89. The van der Waals surface area contributed by atoms with Crippen molar-refractivity contribution in [2.75, 3.05) is 18.8 Å². The monoisotopic (exact) mass is 401 g/mol. The normalized spacial score (nSPS) is 15.1. The fraction of sp³-hybridized carbons (Fsp3) is 0.368. The summed E-state index contributed by atoms with van der Waals surface area (Å²) < 4.78 is 1.74. The summed E-state index contributed by atoms with van der Waals surface area (Å²) >= 11 is 7.54. The van der Waals surface area contributed by atoms with Crippen molar-refractivity contribution in [1.82, 2.24) is 24.6 Å². The molecule has 1 saturated heterocycles. The number of rotatable bonds is 4. The van der Waals surface area contributed by atoms with Crippen LogP contribution in [0.3, 0.4) is 0 Å². The summed E-state index contributed by atoms with van der Waals surface area (Å²) in [6, 6.07) is 7.46. The van der Waals surface area contributed by atoms with E-state index in [0.29, 0.717) is 16.4 Å². The van der Waals surface area contributed by atoms with E-state index >= 15 is 0 Å². The van der Waals surface area contributed by atoms with E-state index in [1.165, 1.54) is 30.9 Å². The largest absolute Gasteiger partial charge is 0.342 e. The van der Waals surface area contributed by atoms with Gasteiger partial charge in [-0.15, -0.1) is 0 Å². The molecular formula is C19H20ClN5OS. The van der Waals surface area contributed by atoms with Crippen LogP contribution in [0.5, 0.6) is 0 Å². The summed E-state index contributed by atoms with van der Waals surface area (Å²) in [5, 5.41) is 6.70. The molecule has 0 spiro atoms.